The Kier molecular flexibility index (Phi) is 3.64. The number of nitrogens with zero attached hydrogens (tertiary/aromatic N) is 3. The van der Waals surface area contributed by atoms with Crippen LogP contribution in [0.3, 0.4) is 0 Å². The molecule has 1 aromatic rings. The van der Waals surface area contributed by atoms with Gasteiger partial charge in [0.1, 0.15) is 0 Å². The molecule has 5 nitrogen and oxygen atoms in total. The Bertz CT molecular complexity index is 444. The van der Waals surface area contributed by atoms with Crippen molar-refractivity contribution in [2.75, 3.05) is 19.0 Å². The number of hydrogen-bond donors (Lipinski definition) is 0. The molecule has 1 fully saturated rings. The van der Waals surface area contributed by atoms with E-state index in [2.05, 4.69) is 5.10 Å². The number of ether oxygens (including phenoxy) is 1. The summed E-state index contributed by atoms with van der Waals surface area (Å²) in [5, 5.41) is 4.02. The van der Waals surface area contributed by atoms with Crippen molar-refractivity contribution < 1.29 is 9.53 Å². The number of aromatic nitrogens is 2. The van der Waals surface area contributed by atoms with E-state index in [4.69, 9.17) is 16.3 Å². The maximum absolute atomic E-state index is 12.3. The first-order valence-corrected chi connectivity index (χ1v) is 6.46. The summed E-state index contributed by atoms with van der Waals surface area (Å²) in [5.41, 5.74) is 0.235. The van der Waals surface area contributed by atoms with Crippen molar-refractivity contribution >= 4 is 17.5 Å². The Morgan fingerprint density at radius 3 is 2.94 bits per heavy atom. The van der Waals surface area contributed by atoms with Gasteiger partial charge in [-0.15, -0.1) is 11.6 Å². The highest BCUT2D eigenvalue weighted by Crippen LogP contribution is 2.23. The molecule has 0 aromatic carbocycles. The monoisotopic (exact) mass is 271 g/mol. The maximum atomic E-state index is 12.3. The zero-order chi connectivity index (χ0) is 13.3. The van der Waals surface area contributed by atoms with Gasteiger partial charge in [-0.2, -0.15) is 5.10 Å². The highest BCUT2D eigenvalue weighted by atomic mass is 35.5. The third-order valence-electron chi connectivity index (χ3n) is 2.89. The molecule has 6 heteroatoms. The summed E-state index contributed by atoms with van der Waals surface area (Å²) < 4.78 is 7.42. The molecule has 0 bridgehead atoms. The van der Waals surface area contributed by atoms with Crippen LogP contribution in [-0.2, 0) is 11.8 Å². The van der Waals surface area contributed by atoms with Gasteiger partial charge in [0.2, 0.25) is 0 Å². The highest BCUT2D eigenvalue weighted by molar-refractivity contribution is 6.18. The molecule has 1 unspecified atom stereocenters. The number of alkyl halides is 1. The zero-order valence-electron chi connectivity index (χ0n) is 10.9. The van der Waals surface area contributed by atoms with E-state index in [1.54, 1.807) is 29.0 Å². The highest BCUT2D eigenvalue weighted by Gasteiger charge is 2.35. The lowest BCUT2D eigenvalue weighted by Crippen LogP contribution is -2.55. The predicted molar refractivity (Wildman–Crippen MR) is 68.8 cm³/mol. The second-order valence-electron chi connectivity index (χ2n) is 5.24. The standard InChI is InChI=1S/C12H18ClN3O2/c1-12(2)8-16(7-10(4-13)18-12)11(17)9-5-14-15(3)6-9/h5-6,10H,4,7-8H2,1-3H3. The summed E-state index contributed by atoms with van der Waals surface area (Å²) >= 11 is 5.85. The molecule has 2 heterocycles. The van der Waals surface area contributed by atoms with Gasteiger partial charge in [0.25, 0.3) is 5.91 Å². The minimum Gasteiger partial charge on any atom is -0.367 e. The van der Waals surface area contributed by atoms with Gasteiger partial charge in [-0.25, -0.2) is 0 Å². The average molecular weight is 272 g/mol. The Hall–Kier alpha value is -1.07. The second kappa shape index (κ2) is 4.90. The maximum Gasteiger partial charge on any atom is 0.257 e. The first-order valence-electron chi connectivity index (χ1n) is 5.93. The van der Waals surface area contributed by atoms with Crippen LogP contribution in [0.1, 0.15) is 24.2 Å². The second-order valence-corrected chi connectivity index (χ2v) is 5.55. The number of morpholine rings is 1. The number of halogens is 1. The van der Waals surface area contributed by atoms with Crippen LogP contribution < -0.4 is 0 Å². The van der Waals surface area contributed by atoms with E-state index in [0.29, 0.717) is 24.5 Å². The Labute approximate surface area is 112 Å². The summed E-state index contributed by atoms with van der Waals surface area (Å²) in [4.78, 5) is 14.1. The number of hydrogen-bond acceptors (Lipinski definition) is 3. The van der Waals surface area contributed by atoms with Gasteiger partial charge in [-0.05, 0) is 13.8 Å². The third kappa shape index (κ3) is 2.84. The van der Waals surface area contributed by atoms with E-state index in [9.17, 15) is 4.79 Å². The van der Waals surface area contributed by atoms with Gasteiger partial charge in [0, 0.05) is 26.3 Å². The van der Waals surface area contributed by atoms with E-state index in [-0.39, 0.29) is 17.6 Å². The van der Waals surface area contributed by atoms with Crippen LogP contribution in [0.2, 0.25) is 0 Å². The molecule has 0 radical (unpaired) electrons. The van der Waals surface area contributed by atoms with Crippen molar-refractivity contribution in [2.45, 2.75) is 25.6 Å². The largest absolute Gasteiger partial charge is 0.367 e. The van der Waals surface area contributed by atoms with Crippen molar-refractivity contribution in [3.63, 3.8) is 0 Å². The smallest absolute Gasteiger partial charge is 0.257 e. The molecule has 0 saturated carbocycles. The van der Waals surface area contributed by atoms with E-state index in [1.165, 1.54) is 0 Å². The third-order valence-corrected chi connectivity index (χ3v) is 3.24. The Balaban J connectivity index is 2.14. The summed E-state index contributed by atoms with van der Waals surface area (Å²) in [6, 6.07) is 0. The number of rotatable bonds is 2. The van der Waals surface area contributed by atoms with E-state index in [1.807, 2.05) is 13.8 Å². The van der Waals surface area contributed by atoms with Gasteiger partial charge in [0.15, 0.2) is 0 Å². The molecule has 2 rings (SSSR count). The molecule has 1 atom stereocenters. The van der Waals surface area contributed by atoms with Crippen LogP contribution in [0, 0.1) is 0 Å². The number of aryl methyl sites for hydroxylation is 1. The SMILES string of the molecule is Cn1cc(C(=O)N2CC(CCl)OC(C)(C)C2)cn1. The summed E-state index contributed by atoms with van der Waals surface area (Å²) in [5.74, 6) is 0.370. The zero-order valence-corrected chi connectivity index (χ0v) is 11.6. The normalized spacial score (nSPS) is 23.1. The Morgan fingerprint density at radius 1 is 1.67 bits per heavy atom. The first kappa shape index (κ1) is 13.4. The molecule has 1 aliphatic heterocycles. The molecule has 0 aliphatic carbocycles. The van der Waals surface area contributed by atoms with E-state index < -0.39 is 0 Å². The molecule has 18 heavy (non-hydrogen) atoms. The summed E-state index contributed by atoms with van der Waals surface area (Å²) in [6.07, 6.45) is 3.19. The Morgan fingerprint density at radius 2 is 2.39 bits per heavy atom. The van der Waals surface area contributed by atoms with Crippen LogP contribution in [0.25, 0.3) is 0 Å². The fourth-order valence-corrected chi connectivity index (χ4v) is 2.41. The molecular formula is C12H18ClN3O2. The van der Waals surface area contributed by atoms with Gasteiger partial charge >= 0.3 is 0 Å². The minimum absolute atomic E-state index is 0.0189. The topological polar surface area (TPSA) is 47.4 Å². The molecule has 0 spiro atoms. The van der Waals surface area contributed by atoms with Gasteiger partial charge in [-0.3, -0.25) is 9.48 Å². The first-order chi connectivity index (χ1) is 8.41. The van der Waals surface area contributed by atoms with Crippen LogP contribution in [-0.4, -0.2) is 51.3 Å². The van der Waals surface area contributed by atoms with Crippen LogP contribution in [0.15, 0.2) is 12.4 Å². The van der Waals surface area contributed by atoms with Crippen molar-refractivity contribution in [1.29, 1.82) is 0 Å². The van der Waals surface area contributed by atoms with Crippen LogP contribution in [0.4, 0.5) is 0 Å². The fraction of sp³-hybridized carbons (Fsp3) is 0.667. The summed E-state index contributed by atoms with van der Waals surface area (Å²) in [7, 11) is 1.79. The number of carbonyl (C=O) groups excluding carboxylic acids is 1. The van der Waals surface area contributed by atoms with Crippen LogP contribution in [0.5, 0.6) is 0 Å². The lowest BCUT2D eigenvalue weighted by atomic mass is 10.0. The van der Waals surface area contributed by atoms with Gasteiger partial charge < -0.3 is 9.64 Å². The molecule has 0 N–H and O–H groups in total. The molecule has 1 aromatic heterocycles. The molecule has 1 amide bonds. The van der Waals surface area contributed by atoms with Crippen molar-refractivity contribution in [1.82, 2.24) is 14.7 Å². The predicted octanol–water partition coefficient (Wildman–Crippen LogP) is 1.28. The van der Waals surface area contributed by atoms with E-state index >= 15 is 0 Å². The van der Waals surface area contributed by atoms with Gasteiger partial charge in [0.05, 0.1) is 29.3 Å². The van der Waals surface area contributed by atoms with E-state index in [0.717, 1.165) is 0 Å². The number of carbonyl (C=O) groups is 1. The molecule has 1 saturated heterocycles. The van der Waals surface area contributed by atoms with Crippen molar-refractivity contribution in [2.24, 2.45) is 7.05 Å². The molecular weight excluding hydrogens is 254 g/mol. The van der Waals surface area contributed by atoms with Crippen molar-refractivity contribution in [3.05, 3.63) is 18.0 Å². The van der Waals surface area contributed by atoms with Crippen molar-refractivity contribution in [3.8, 4) is 0 Å². The fourth-order valence-electron chi connectivity index (χ4n) is 2.24. The molecule has 1 aliphatic rings. The minimum atomic E-state index is -0.365. The quantitative estimate of drug-likeness (QED) is 0.762. The lowest BCUT2D eigenvalue weighted by Gasteiger charge is -2.42. The van der Waals surface area contributed by atoms with Crippen LogP contribution >= 0.6 is 11.6 Å². The lowest BCUT2D eigenvalue weighted by molar-refractivity contribution is -0.117. The number of amides is 1. The average Bonchev–Trinajstić information content (AvgIpc) is 2.72. The van der Waals surface area contributed by atoms with Gasteiger partial charge in [-0.1, -0.05) is 0 Å². The summed E-state index contributed by atoms with van der Waals surface area (Å²) in [6.45, 7) is 5.03. The molecule has 100 valence electrons.